The molecule has 0 aromatic heterocycles. The second-order valence-electron chi connectivity index (χ2n) is 3.70. The fraction of sp³-hybridized carbons (Fsp3) is 0.462. The van der Waals surface area contributed by atoms with Gasteiger partial charge in [-0.25, -0.2) is 4.79 Å². The number of aliphatic hydroxyl groups excluding tert-OH is 1. The Balaban J connectivity index is 2.46. The number of ether oxygens (including phenoxy) is 1. The van der Waals surface area contributed by atoms with Crippen LogP contribution < -0.4 is 0 Å². The van der Waals surface area contributed by atoms with E-state index in [1.807, 2.05) is 0 Å². The van der Waals surface area contributed by atoms with Crippen LogP contribution in [0.25, 0.3) is 0 Å². The Labute approximate surface area is 96.1 Å². The number of hydrogen-bond donors (Lipinski definition) is 1. The van der Waals surface area contributed by atoms with Gasteiger partial charge in [0.15, 0.2) is 0 Å². The van der Waals surface area contributed by atoms with Crippen LogP contribution in [-0.4, -0.2) is 17.7 Å². The van der Waals surface area contributed by atoms with Crippen LogP contribution in [0.2, 0.25) is 0 Å². The summed E-state index contributed by atoms with van der Waals surface area (Å²) >= 11 is 0. The third kappa shape index (κ3) is 4.03. The van der Waals surface area contributed by atoms with E-state index < -0.39 is 0 Å². The summed E-state index contributed by atoms with van der Waals surface area (Å²) in [6, 6.07) is 6.87. The number of unbranched alkanes of at least 4 members (excludes halogenated alkanes) is 2. The number of hydrogen-bond acceptors (Lipinski definition) is 3. The highest BCUT2D eigenvalue weighted by Gasteiger charge is 2.06. The standard InChI is InChI=1S/C13H18O3/c1-2-3-4-8-16-13(15)12-7-5-6-11(9-12)10-14/h5-7,9,14H,2-4,8,10H2,1H3. The van der Waals surface area contributed by atoms with Gasteiger partial charge in [-0.05, 0) is 24.1 Å². The summed E-state index contributed by atoms with van der Waals surface area (Å²) in [5.41, 5.74) is 1.23. The Hall–Kier alpha value is -1.35. The minimum atomic E-state index is -0.314. The van der Waals surface area contributed by atoms with E-state index in [2.05, 4.69) is 6.92 Å². The maximum atomic E-state index is 11.6. The molecular weight excluding hydrogens is 204 g/mol. The van der Waals surface area contributed by atoms with Gasteiger partial charge in [-0.2, -0.15) is 0 Å². The van der Waals surface area contributed by atoms with Crippen LogP contribution in [0.3, 0.4) is 0 Å². The van der Waals surface area contributed by atoms with Crippen molar-refractivity contribution in [3.05, 3.63) is 35.4 Å². The molecule has 0 spiro atoms. The lowest BCUT2D eigenvalue weighted by molar-refractivity contribution is 0.0498. The van der Waals surface area contributed by atoms with Gasteiger partial charge in [-0.1, -0.05) is 31.9 Å². The first-order valence-corrected chi connectivity index (χ1v) is 5.65. The van der Waals surface area contributed by atoms with Gasteiger partial charge in [0, 0.05) is 0 Å². The topological polar surface area (TPSA) is 46.5 Å². The van der Waals surface area contributed by atoms with Crippen LogP contribution in [0.1, 0.15) is 42.1 Å². The Morgan fingerprint density at radius 3 is 2.88 bits per heavy atom. The minimum absolute atomic E-state index is 0.0586. The highest BCUT2D eigenvalue weighted by molar-refractivity contribution is 5.89. The van der Waals surface area contributed by atoms with Gasteiger partial charge in [-0.3, -0.25) is 0 Å². The summed E-state index contributed by atoms with van der Waals surface area (Å²) in [7, 11) is 0. The van der Waals surface area contributed by atoms with E-state index in [1.54, 1.807) is 24.3 Å². The molecule has 88 valence electrons. The van der Waals surface area contributed by atoms with Crippen molar-refractivity contribution < 1.29 is 14.6 Å². The molecule has 1 aromatic carbocycles. The summed E-state index contributed by atoms with van der Waals surface area (Å²) < 4.78 is 5.11. The molecular formula is C13H18O3. The van der Waals surface area contributed by atoms with Crippen molar-refractivity contribution in [3.63, 3.8) is 0 Å². The first-order chi connectivity index (χ1) is 7.77. The van der Waals surface area contributed by atoms with Crippen LogP contribution >= 0.6 is 0 Å². The quantitative estimate of drug-likeness (QED) is 0.594. The van der Waals surface area contributed by atoms with Crippen molar-refractivity contribution in [1.82, 2.24) is 0 Å². The first-order valence-electron chi connectivity index (χ1n) is 5.65. The van der Waals surface area contributed by atoms with Gasteiger partial charge in [0.1, 0.15) is 0 Å². The fourth-order valence-corrected chi connectivity index (χ4v) is 1.40. The molecule has 0 aliphatic rings. The first kappa shape index (κ1) is 12.7. The molecule has 0 aliphatic carbocycles. The summed E-state index contributed by atoms with van der Waals surface area (Å²) in [5, 5.41) is 8.94. The van der Waals surface area contributed by atoms with E-state index >= 15 is 0 Å². The summed E-state index contributed by atoms with van der Waals surface area (Å²) in [4.78, 5) is 11.6. The van der Waals surface area contributed by atoms with Crippen molar-refractivity contribution in [1.29, 1.82) is 0 Å². The second-order valence-corrected chi connectivity index (χ2v) is 3.70. The molecule has 3 nitrogen and oxygen atoms in total. The zero-order valence-corrected chi connectivity index (χ0v) is 9.61. The predicted molar refractivity (Wildman–Crippen MR) is 62.2 cm³/mol. The molecule has 0 aliphatic heterocycles. The molecule has 1 rings (SSSR count). The number of carbonyl (C=O) groups is 1. The second kappa shape index (κ2) is 7.01. The van der Waals surface area contributed by atoms with Crippen molar-refractivity contribution in [2.24, 2.45) is 0 Å². The SMILES string of the molecule is CCCCCOC(=O)c1cccc(CO)c1. The molecule has 0 bridgehead atoms. The Kier molecular flexibility index (Phi) is 5.57. The lowest BCUT2D eigenvalue weighted by atomic mass is 10.1. The molecule has 0 atom stereocenters. The minimum Gasteiger partial charge on any atom is -0.462 e. The van der Waals surface area contributed by atoms with E-state index in [4.69, 9.17) is 9.84 Å². The number of benzene rings is 1. The summed E-state index contributed by atoms with van der Waals surface area (Å²) in [6.45, 7) is 2.51. The normalized spacial score (nSPS) is 10.1. The zero-order valence-electron chi connectivity index (χ0n) is 9.61. The number of esters is 1. The van der Waals surface area contributed by atoms with Crippen molar-refractivity contribution in [2.75, 3.05) is 6.61 Å². The highest BCUT2D eigenvalue weighted by atomic mass is 16.5. The van der Waals surface area contributed by atoms with Crippen LogP contribution in [0.4, 0.5) is 0 Å². The largest absolute Gasteiger partial charge is 0.462 e. The Morgan fingerprint density at radius 2 is 2.19 bits per heavy atom. The molecule has 0 saturated heterocycles. The number of aliphatic hydroxyl groups is 1. The van der Waals surface area contributed by atoms with Gasteiger partial charge < -0.3 is 9.84 Å². The smallest absolute Gasteiger partial charge is 0.338 e. The lowest BCUT2D eigenvalue weighted by Crippen LogP contribution is -2.06. The summed E-state index contributed by atoms with van der Waals surface area (Å²) in [5.74, 6) is -0.314. The van der Waals surface area contributed by atoms with Gasteiger partial charge in [0.25, 0.3) is 0 Å². The average Bonchev–Trinajstić information content (AvgIpc) is 2.34. The van der Waals surface area contributed by atoms with E-state index in [9.17, 15) is 4.79 Å². The Morgan fingerprint density at radius 1 is 1.38 bits per heavy atom. The number of carbonyl (C=O) groups excluding carboxylic acids is 1. The van der Waals surface area contributed by atoms with E-state index in [0.29, 0.717) is 12.2 Å². The molecule has 0 radical (unpaired) electrons. The van der Waals surface area contributed by atoms with Gasteiger partial charge in [0.2, 0.25) is 0 Å². The predicted octanol–water partition coefficient (Wildman–Crippen LogP) is 2.53. The van der Waals surface area contributed by atoms with E-state index in [0.717, 1.165) is 24.8 Å². The monoisotopic (exact) mass is 222 g/mol. The van der Waals surface area contributed by atoms with Crippen LogP contribution in [0.5, 0.6) is 0 Å². The fourth-order valence-electron chi connectivity index (χ4n) is 1.40. The highest BCUT2D eigenvalue weighted by Crippen LogP contribution is 2.07. The molecule has 0 unspecified atom stereocenters. The molecule has 0 amide bonds. The molecule has 3 heteroatoms. The zero-order chi connectivity index (χ0) is 11.8. The third-order valence-electron chi connectivity index (χ3n) is 2.33. The van der Waals surface area contributed by atoms with Gasteiger partial charge in [0.05, 0.1) is 18.8 Å². The Bertz CT molecular complexity index is 334. The molecule has 1 N–H and O–H groups in total. The van der Waals surface area contributed by atoms with Crippen molar-refractivity contribution >= 4 is 5.97 Å². The van der Waals surface area contributed by atoms with Crippen molar-refractivity contribution in [2.45, 2.75) is 32.8 Å². The molecule has 16 heavy (non-hydrogen) atoms. The molecule has 1 aromatic rings. The van der Waals surface area contributed by atoms with Crippen LogP contribution in [0.15, 0.2) is 24.3 Å². The maximum absolute atomic E-state index is 11.6. The van der Waals surface area contributed by atoms with Crippen LogP contribution in [-0.2, 0) is 11.3 Å². The van der Waals surface area contributed by atoms with Gasteiger partial charge in [-0.15, -0.1) is 0 Å². The lowest BCUT2D eigenvalue weighted by Gasteiger charge is -2.05. The van der Waals surface area contributed by atoms with Gasteiger partial charge >= 0.3 is 5.97 Å². The molecule has 0 fully saturated rings. The third-order valence-corrected chi connectivity index (χ3v) is 2.33. The van der Waals surface area contributed by atoms with E-state index in [1.165, 1.54) is 0 Å². The molecule has 0 heterocycles. The molecule has 0 saturated carbocycles. The summed E-state index contributed by atoms with van der Waals surface area (Å²) in [6.07, 6.45) is 3.09. The van der Waals surface area contributed by atoms with Crippen LogP contribution in [0, 0.1) is 0 Å². The van der Waals surface area contributed by atoms with Crippen molar-refractivity contribution in [3.8, 4) is 0 Å². The number of rotatable bonds is 6. The van der Waals surface area contributed by atoms with E-state index in [-0.39, 0.29) is 12.6 Å². The average molecular weight is 222 g/mol. The maximum Gasteiger partial charge on any atom is 0.338 e.